The molecule has 2 aliphatic heterocycles. The molecule has 2 heterocycles. The number of hydrogen-bond acceptors (Lipinski definition) is 4. The number of carbonyl (C=O) groups excluding carboxylic acids is 1. The molecule has 5 heteroatoms. The Morgan fingerprint density at radius 1 is 1.27 bits per heavy atom. The highest BCUT2D eigenvalue weighted by Gasteiger charge is 2.66. The number of carbonyl (C=O) groups is 1. The van der Waals surface area contributed by atoms with Gasteiger partial charge in [0.25, 0.3) is 5.91 Å². The molecule has 6 rings (SSSR count). The highest BCUT2D eigenvalue weighted by atomic mass is 16.5. The van der Waals surface area contributed by atoms with E-state index >= 15 is 0 Å². The van der Waals surface area contributed by atoms with E-state index in [1.807, 2.05) is 47.4 Å². The molecule has 4 aliphatic rings. The molecule has 2 fully saturated rings. The second kappa shape index (κ2) is 9.26. The summed E-state index contributed by atoms with van der Waals surface area (Å²) in [5, 5.41) is 10.9. The summed E-state index contributed by atoms with van der Waals surface area (Å²) in [5.41, 5.74) is 2.92. The van der Waals surface area contributed by atoms with Gasteiger partial charge in [0, 0.05) is 47.2 Å². The van der Waals surface area contributed by atoms with Crippen LogP contribution in [-0.2, 0) is 16.6 Å². The SMILES string of the molecule is C=CCN1CC[C@@]23c4c5ccc(O)c4C[C@@H]1[C@@H]2CC[C@H](N(CC(C)C)C(=O)C#Cc1ccccc1)[C@@H]3O5. The van der Waals surface area contributed by atoms with Crippen molar-refractivity contribution < 1.29 is 14.6 Å². The highest BCUT2D eigenvalue weighted by molar-refractivity contribution is 5.94. The smallest absolute Gasteiger partial charge is 0.299 e. The molecule has 0 aromatic heterocycles. The maximum absolute atomic E-state index is 13.7. The van der Waals surface area contributed by atoms with E-state index in [1.165, 1.54) is 5.56 Å². The highest BCUT2D eigenvalue weighted by Crippen LogP contribution is 2.63. The van der Waals surface area contributed by atoms with Gasteiger partial charge in [0.05, 0.1) is 6.04 Å². The molecular weight excluding hydrogens is 460 g/mol. The van der Waals surface area contributed by atoms with Gasteiger partial charge < -0.3 is 14.7 Å². The maximum Gasteiger partial charge on any atom is 0.299 e. The number of likely N-dealkylation sites (tertiary alicyclic amines) is 1. The minimum absolute atomic E-state index is 0.0525. The van der Waals surface area contributed by atoms with Gasteiger partial charge in [0.2, 0.25) is 0 Å². The molecular formula is C32H36N2O3. The number of nitrogens with zero attached hydrogens (tertiary/aromatic N) is 2. The summed E-state index contributed by atoms with van der Waals surface area (Å²) in [5.74, 6) is 7.92. The first-order chi connectivity index (χ1) is 17.9. The molecule has 1 amide bonds. The molecule has 2 aromatic rings. The number of phenolic OH excluding ortho intramolecular Hbond substituents is 1. The fourth-order valence-electron chi connectivity index (χ4n) is 7.80. The fraction of sp³-hybridized carbons (Fsp3) is 0.469. The van der Waals surface area contributed by atoms with Crippen molar-refractivity contribution in [2.75, 3.05) is 19.6 Å². The molecule has 192 valence electrons. The average molecular weight is 497 g/mol. The number of amides is 1. The minimum atomic E-state index is -0.185. The number of phenols is 1. The van der Waals surface area contributed by atoms with E-state index in [9.17, 15) is 9.90 Å². The Labute approximate surface area is 220 Å². The van der Waals surface area contributed by atoms with Crippen LogP contribution >= 0.6 is 0 Å². The lowest BCUT2D eigenvalue weighted by atomic mass is 9.51. The maximum atomic E-state index is 13.7. The predicted octanol–water partition coefficient (Wildman–Crippen LogP) is 4.52. The molecule has 5 nitrogen and oxygen atoms in total. The summed E-state index contributed by atoms with van der Waals surface area (Å²) >= 11 is 0. The van der Waals surface area contributed by atoms with E-state index in [2.05, 4.69) is 37.2 Å². The van der Waals surface area contributed by atoms with E-state index in [0.29, 0.717) is 30.2 Å². The minimum Gasteiger partial charge on any atom is -0.508 e. The van der Waals surface area contributed by atoms with Gasteiger partial charge in [-0.3, -0.25) is 9.69 Å². The predicted molar refractivity (Wildman–Crippen MR) is 144 cm³/mol. The normalized spacial score (nSPS) is 29.1. The van der Waals surface area contributed by atoms with Crippen LogP contribution in [0.1, 0.15) is 49.8 Å². The van der Waals surface area contributed by atoms with Crippen molar-refractivity contribution in [1.82, 2.24) is 9.80 Å². The molecule has 1 spiro atoms. The summed E-state index contributed by atoms with van der Waals surface area (Å²) < 4.78 is 6.83. The van der Waals surface area contributed by atoms with Crippen molar-refractivity contribution in [2.45, 2.75) is 63.1 Å². The Hall–Kier alpha value is -3.23. The van der Waals surface area contributed by atoms with Gasteiger partial charge in [-0.2, -0.15) is 0 Å². The topological polar surface area (TPSA) is 53.0 Å². The zero-order valence-corrected chi connectivity index (χ0v) is 21.8. The van der Waals surface area contributed by atoms with Gasteiger partial charge in [-0.15, -0.1) is 6.58 Å². The van der Waals surface area contributed by atoms with Crippen LogP contribution in [0.3, 0.4) is 0 Å². The van der Waals surface area contributed by atoms with Crippen LogP contribution in [0.5, 0.6) is 11.5 Å². The second-order valence-corrected chi connectivity index (χ2v) is 11.5. The first-order valence-corrected chi connectivity index (χ1v) is 13.7. The van der Waals surface area contributed by atoms with E-state index < -0.39 is 0 Å². The standard InChI is InChI=1S/C32H36N2O3/c1-4-17-33-18-16-32-24-11-12-25(31(32)37-28-14-13-27(35)23(30(28)32)19-26(24)33)34(20-21(2)3)29(36)15-10-22-8-6-5-7-9-22/h4-9,13-14,21,24-26,31,35H,1,11-12,16-20H2,2-3H3/t24-,25-,26+,31-,32-/m0/s1. The molecule has 0 unspecified atom stereocenters. The molecule has 2 bridgehead atoms. The zero-order valence-electron chi connectivity index (χ0n) is 21.8. The van der Waals surface area contributed by atoms with Crippen molar-refractivity contribution >= 4 is 5.91 Å². The van der Waals surface area contributed by atoms with Gasteiger partial charge in [-0.25, -0.2) is 0 Å². The number of aromatic hydroxyl groups is 1. The van der Waals surface area contributed by atoms with Gasteiger partial charge in [-0.1, -0.05) is 44.0 Å². The first-order valence-electron chi connectivity index (χ1n) is 13.7. The lowest BCUT2D eigenvalue weighted by Crippen LogP contribution is -2.69. The third-order valence-corrected chi connectivity index (χ3v) is 9.10. The third-order valence-electron chi connectivity index (χ3n) is 9.10. The number of hydrogen-bond donors (Lipinski definition) is 1. The number of benzene rings is 2. The zero-order chi connectivity index (χ0) is 25.7. The van der Waals surface area contributed by atoms with E-state index in [0.717, 1.165) is 55.6 Å². The summed E-state index contributed by atoms with van der Waals surface area (Å²) in [6.07, 6.45) is 5.60. The Kier molecular flexibility index (Phi) is 6.04. The van der Waals surface area contributed by atoms with E-state index in [4.69, 9.17) is 4.74 Å². The quantitative estimate of drug-likeness (QED) is 0.489. The van der Waals surface area contributed by atoms with Crippen LogP contribution < -0.4 is 4.74 Å². The van der Waals surface area contributed by atoms with Gasteiger partial charge in [0.15, 0.2) is 0 Å². The van der Waals surface area contributed by atoms with Crippen LogP contribution in [0, 0.1) is 23.7 Å². The van der Waals surface area contributed by atoms with E-state index in [1.54, 1.807) is 6.07 Å². The fourth-order valence-corrected chi connectivity index (χ4v) is 7.80. The summed E-state index contributed by atoms with van der Waals surface area (Å²) in [6, 6.07) is 13.7. The lowest BCUT2D eigenvalue weighted by molar-refractivity contribution is -0.137. The van der Waals surface area contributed by atoms with Crippen LogP contribution in [-0.4, -0.2) is 58.6 Å². The van der Waals surface area contributed by atoms with Crippen LogP contribution in [0.2, 0.25) is 0 Å². The third kappa shape index (κ3) is 3.77. The molecule has 1 saturated carbocycles. The van der Waals surface area contributed by atoms with Crippen molar-refractivity contribution in [3.63, 3.8) is 0 Å². The largest absolute Gasteiger partial charge is 0.508 e. The number of ether oxygens (including phenoxy) is 1. The Bertz CT molecular complexity index is 1280. The molecule has 5 atom stereocenters. The molecule has 1 saturated heterocycles. The summed E-state index contributed by atoms with van der Waals surface area (Å²) in [7, 11) is 0. The summed E-state index contributed by atoms with van der Waals surface area (Å²) in [6.45, 7) is 10.8. The summed E-state index contributed by atoms with van der Waals surface area (Å²) in [4.78, 5) is 18.2. The first kappa shape index (κ1) is 24.1. The van der Waals surface area contributed by atoms with Gasteiger partial charge in [-0.05, 0) is 68.3 Å². The molecule has 2 aliphatic carbocycles. The molecule has 0 radical (unpaired) electrons. The Morgan fingerprint density at radius 2 is 2.08 bits per heavy atom. The number of piperidine rings is 1. The molecule has 37 heavy (non-hydrogen) atoms. The van der Waals surface area contributed by atoms with Crippen molar-refractivity contribution in [1.29, 1.82) is 0 Å². The van der Waals surface area contributed by atoms with Gasteiger partial charge >= 0.3 is 0 Å². The van der Waals surface area contributed by atoms with Crippen LogP contribution in [0.4, 0.5) is 0 Å². The van der Waals surface area contributed by atoms with Crippen molar-refractivity contribution in [3.05, 3.63) is 71.8 Å². The Balaban J connectivity index is 1.41. The molecule has 1 N–H and O–H groups in total. The van der Waals surface area contributed by atoms with E-state index in [-0.39, 0.29) is 23.5 Å². The Morgan fingerprint density at radius 3 is 2.84 bits per heavy atom. The van der Waals surface area contributed by atoms with Crippen LogP contribution in [0.25, 0.3) is 0 Å². The van der Waals surface area contributed by atoms with Crippen molar-refractivity contribution in [3.8, 4) is 23.3 Å². The number of rotatable bonds is 5. The lowest BCUT2D eigenvalue weighted by Gasteiger charge is -2.60. The van der Waals surface area contributed by atoms with Gasteiger partial charge in [0.1, 0.15) is 17.6 Å². The second-order valence-electron chi connectivity index (χ2n) is 11.5. The van der Waals surface area contributed by atoms with Crippen molar-refractivity contribution in [2.24, 2.45) is 11.8 Å². The molecule has 2 aromatic carbocycles. The average Bonchev–Trinajstić information content (AvgIpc) is 3.23. The monoisotopic (exact) mass is 496 g/mol. The van der Waals surface area contributed by atoms with Crippen LogP contribution in [0.15, 0.2) is 55.1 Å².